The van der Waals surface area contributed by atoms with Gasteiger partial charge in [-0.25, -0.2) is 14.2 Å². The predicted molar refractivity (Wildman–Crippen MR) is 74.5 cm³/mol. The molecule has 0 fully saturated rings. The lowest BCUT2D eigenvalue weighted by Crippen LogP contribution is -2.19. The van der Waals surface area contributed by atoms with Crippen LogP contribution in [0.1, 0.15) is 23.0 Å². The zero-order valence-corrected chi connectivity index (χ0v) is 12.0. The molecule has 0 aliphatic rings. The summed E-state index contributed by atoms with van der Waals surface area (Å²) in [5, 5.41) is 3.79. The first-order valence-corrected chi connectivity index (χ1v) is 6.40. The van der Waals surface area contributed by atoms with Crippen LogP contribution in [0.3, 0.4) is 0 Å². The number of benzene rings is 1. The van der Waals surface area contributed by atoms with Crippen molar-refractivity contribution in [1.29, 1.82) is 0 Å². The van der Waals surface area contributed by atoms with Gasteiger partial charge in [0.15, 0.2) is 0 Å². The summed E-state index contributed by atoms with van der Waals surface area (Å²) in [6.07, 6.45) is 1.60. The van der Waals surface area contributed by atoms with E-state index in [1.807, 2.05) is 0 Å². The molecule has 0 spiro atoms. The Labute approximate surface area is 122 Å². The number of carbonyl (C=O) groups excluding carboxylic acids is 1. The number of rotatable bonds is 3. The molecule has 0 saturated heterocycles. The fourth-order valence-electron chi connectivity index (χ4n) is 1.54. The number of hydrazone groups is 1. The van der Waals surface area contributed by atoms with Gasteiger partial charge in [0.1, 0.15) is 17.3 Å². The highest BCUT2D eigenvalue weighted by Crippen LogP contribution is 2.12. The van der Waals surface area contributed by atoms with Gasteiger partial charge in [0, 0.05) is 22.3 Å². The highest BCUT2D eigenvalue weighted by Gasteiger charge is 2.09. The zero-order chi connectivity index (χ0) is 14.7. The highest BCUT2D eigenvalue weighted by atomic mass is 79.9. The van der Waals surface area contributed by atoms with Gasteiger partial charge in [-0.15, -0.1) is 0 Å². The van der Waals surface area contributed by atoms with E-state index in [2.05, 4.69) is 31.4 Å². The van der Waals surface area contributed by atoms with Crippen molar-refractivity contribution in [2.24, 2.45) is 5.10 Å². The van der Waals surface area contributed by atoms with Crippen molar-refractivity contribution in [1.82, 2.24) is 10.4 Å². The van der Waals surface area contributed by atoms with E-state index in [9.17, 15) is 13.6 Å². The quantitative estimate of drug-likeness (QED) is 0.653. The second kappa shape index (κ2) is 5.96. The molecule has 0 atom stereocenters. The zero-order valence-electron chi connectivity index (χ0n) is 10.4. The average Bonchev–Trinajstić information content (AvgIpc) is 2.82. The molecule has 2 rings (SSSR count). The van der Waals surface area contributed by atoms with Gasteiger partial charge < -0.3 is 4.98 Å². The van der Waals surface area contributed by atoms with E-state index in [0.29, 0.717) is 5.69 Å². The molecule has 0 aliphatic heterocycles. The average molecular weight is 342 g/mol. The van der Waals surface area contributed by atoms with E-state index in [-0.39, 0.29) is 11.3 Å². The third-order valence-electron chi connectivity index (χ3n) is 2.54. The maximum atomic E-state index is 13.5. The van der Waals surface area contributed by atoms with Crippen LogP contribution in [-0.4, -0.2) is 16.6 Å². The van der Waals surface area contributed by atoms with Crippen LogP contribution in [0, 0.1) is 11.6 Å². The Morgan fingerprint density at radius 1 is 1.35 bits per heavy atom. The predicted octanol–water partition coefficient (Wildman–Crippen LogP) is 3.21. The first-order chi connectivity index (χ1) is 9.47. The van der Waals surface area contributed by atoms with Crippen LogP contribution in [0.4, 0.5) is 8.78 Å². The third kappa shape index (κ3) is 3.30. The molecule has 1 aromatic heterocycles. The van der Waals surface area contributed by atoms with Crippen molar-refractivity contribution in [2.75, 3.05) is 0 Å². The molecule has 104 valence electrons. The van der Waals surface area contributed by atoms with Crippen molar-refractivity contribution in [3.05, 3.63) is 57.8 Å². The number of aromatic amines is 1. The Bertz CT molecular complexity index is 682. The van der Waals surface area contributed by atoms with Gasteiger partial charge in [-0.2, -0.15) is 5.10 Å². The number of aromatic nitrogens is 1. The second-order valence-electron chi connectivity index (χ2n) is 3.99. The van der Waals surface area contributed by atoms with Gasteiger partial charge in [-0.3, -0.25) is 4.79 Å². The monoisotopic (exact) mass is 341 g/mol. The number of hydrogen-bond acceptors (Lipinski definition) is 2. The Morgan fingerprint density at radius 3 is 2.70 bits per heavy atom. The molecule has 0 saturated carbocycles. The molecule has 0 aliphatic carbocycles. The van der Waals surface area contributed by atoms with Crippen LogP contribution >= 0.6 is 15.9 Å². The second-order valence-corrected chi connectivity index (χ2v) is 4.91. The van der Waals surface area contributed by atoms with Crippen LogP contribution in [0.5, 0.6) is 0 Å². The highest BCUT2D eigenvalue weighted by molar-refractivity contribution is 9.10. The normalized spacial score (nSPS) is 11.5. The molecular formula is C13H10BrF2N3O. The van der Waals surface area contributed by atoms with Gasteiger partial charge in [-0.05, 0) is 41.1 Å². The topological polar surface area (TPSA) is 57.2 Å². The molecule has 0 bridgehead atoms. The molecule has 2 N–H and O–H groups in total. The Balaban J connectivity index is 2.13. The van der Waals surface area contributed by atoms with Crippen molar-refractivity contribution in [2.45, 2.75) is 6.92 Å². The molecule has 1 amide bonds. The lowest BCUT2D eigenvalue weighted by atomic mass is 10.1. The molecule has 0 unspecified atom stereocenters. The summed E-state index contributed by atoms with van der Waals surface area (Å²) in [7, 11) is 0. The molecule has 1 aromatic carbocycles. The van der Waals surface area contributed by atoms with E-state index >= 15 is 0 Å². The Morgan fingerprint density at radius 2 is 2.10 bits per heavy atom. The molecule has 20 heavy (non-hydrogen) atoms. The molecule has 2 aromatic rings. The summed E-state index contributed by atoms with van der Waals surface area (Å²) >= 11 is 3.20. The maximum Gasteiger partial charge on any atom is 0.287 e. The summed E-state index contributed by atoms with van der Waals surface area (Å²) in [5.41, 5.74) is 2.96. The van der Waals surface area contributed by atoms with Gasteiger partial charge in [0.25, 0.3) is 5.91 Å². The van der Waals surface area contributed by atoms with E-state index in [0.717, 1.165) is 16.6 Å². The minimum Gasteiger partial charge on any atom is -0.356 e. The molecule has 4 nitrogen and oxygen atoms in total. The van der Waals surface area contributed by atoms with E-state index in [1.165, 1.54) is 13.0 Å². The molecule has 1 heterocycles. The smallest absolute Gasteiger partial charge is 0.287 e. The van der Waals surface area contributed by atoms with Gasteiger partial charge >= 0.3 is 0 Å². The fraction of sp³-hybridized carbons (Fsp3) is 0.0769. The number of amides is 1. The number of H-pyrrole nitrogens is 1. The first kappa shape index (κ1) is 14.4. The van der Waals surface area contributed by atoms with Crippen LogP contribution in [0.2, 0.25) is 0 Å². The van der Waals surface area contributed by atoms with Crippen LogP contribution in [-0.2, 0) is 0 Å². The number of halogens is 3. The third-order valence-corrected chi connectivity index (χ3v) is 3.00. The maximum absolute atomic E-state index is 13.5. The standard InChI is InChI=1S/C13H10BrF2N3O/c1-7(10-3-2-9(15)5-11(10)16)18-19-13(20)12-4-8(14)6-17-12/h2-6,17H,1H3,(H,19,20)/b18-7-. The SMILES string of the molecule is C/C(=N/NC(=O)c1cc(Br)c[nH]1)c1ccc(F)cc1F. The summed E-state index contributed by atoms with van der Waals surface area (Å²) in [6, 6.07) is 4.74. The minimum absolute atomic E-state index is 0.124. The number of nitrogens with zero attached hydrogens (tertiary/aromatic N) is 1. The number of nitrogens with one attached hydrogen (secondary N) is 2. The Hall–Kier alpha value is -2.02. The van der Waals surface area contributed by atoms with Gasteiger partial charge in [-0.1, -0.05) is 0 Å². The summed E-state index contributed by atoms with van der Waals surface area (Å²) < 4.78 is 27.0. The summed E-state index contributed by atoms with van der Waals surface area (Å²) in [4.78, 5) is 14.4. The van der Waals surface area contributed by atoms with Crippen LogP contribution in [0.15, 0.2) is 40.0 Å². The lowest BCUT2D eigenvalue weighted by molar-refractivity contribution is 0.0950. The van der Waals surface area contributed by atoms with Crippen LogP contribution < -0.4 is 5.43 Å². The van der Waals surface area contributed by atoms with Crippen molar-refractivity contribution < 1.29 is 13.6 Å². The fourth-order valence-corrected chi connectivity index (χ4v) is 1.88. The molecule has 0 radical (unpaired) electrons. The molecular weight excluding hydrogens is 332 g/mol. The largest absolute Gasteiger partial charge is 0.356 e. The van der Waals surface area contributed by atoms with Crippen LogP contribution in [0.25, 0.3) is 0 Å². The van der Waals surface area contributed by atoms with Crippen molar-refractivity contribution in [3.8, 4) is 0 Å². The van der Waals surface area contributed by atoms with E-state index < -0.39 is 17.5 Å². The van der Waals surface area contributed by atoms with Crippen molar-refractivity contribution in [3.63, 3.8) is 0 Å². The minimum atomic E-state index is -0.733. The van der Waals surface area contributed by atoms with Gasteiger partial charge in [0.2, 0.25) is 0 Å². The van der Waals surface area contributed by atoms with Gasteiger partial charge in [0.05, 0.1) is 5.71 Å². The lowest BCUT2D eigenvalue weighted by Gasteiger charge is -2.03. The van der Waals surface area contributed by atoms with E-state index in [4.69, 9.17) is 0 Å². The Kier molecular flexibility index (Phi) is 4.29. The number of hydrogen-bond donors (Lipinski definition) is 2. The first-order valence-electron chi connectivity index (χ1n) is 5.61. The number of carbonyl (C=O) groups is 1. The van der Waals surface area contributed by atoms with Crippen molar-refractivity contribution >= 4 is 27.5 Å². The van der Waals surface area contributed by atoms with E-state index in [1.54, 1.807) is 12.3 Å². The summed E-state index contributed by atoms with van der Waals surface area (Å²) in [6.45, 7) is 1.52. The summed E-state index contributed by atoms with van der Waals surface area (Å²) in [5.74, 6) is -1.86. The molecule has 7 heteroatoms.